The van der Waals surface area contributed by atoms with Crippen molar-refractivity contribution in [1.29, 1.82) is 0 Å². The summed E-state index contributed by atoms with van der Waals surface area (Å²) in [4.78, 5) is 23.2. The molecule has 1 rings (SSSR count). The van der Waals surface area contributed by atoms with Gasteiger partial charge in [-0.1, -0.05) is 26.7 Å². The highest BCUT2D eigenvalue weighted by Crippen LogP contribution is 2.20. The van der Waals surface area contributed by atoms with Gasteiger partial charge in [0.25, 0.3) is 10.1 Å². The van der Waals surface area contributed by atoms with Gasteiger partial charge in [-0.15, -0.1) is 0 Å². The number of hydrogen-bond acceptors (Lipinski definition) is 6. The van der Waals surface area contributed by atoms with Crippen LogP contribution in [0.1, 0.15) is 60.2 Å². The van der Waals surface area contributed by atoms with Crippen molar-refractivity contribution in [2.24, 2.45) is 0 Å². The molecule has 0 aliphatic carbocycles. The van der Waals surface area contributed by atoms with Crippen molar-refractivity contribution in [3.63, 3.8) is 0 Å². The molecule has 0 saturated carbocycles. The van der Waals surface area contributed by atoms with E-state index in [9.17, 15) is 22.6 Å². The molecule has 0 aromatic heterocycles. The Labute approximate surface area is 141 Å². The van der Waals surface area contributed by atoms with E-state index >= 15 is 0 Å². The van der Waals surface area contributed by atoms with Gasteiger partial charge in [-0.3, -0.25) is 4.55 Å². The number of benzene rings is 1. The normalized spacial score (nSPS) is 11.1. The Morgan fingerprint density at radius 2 is 1.54 bits per heavy atom. The minimum Gasteiger partial charge on any atom is -0.462 e. The zero-order valence-corrected chi connectivity index (χ0v) is 14.6. The van der Waals surface area contributed by atoms with Crippen LogP contribution in [0.25, 0.3) is 0 Å². The number of rotatable bonds is 9. The topological polar surface area (TPSA) is 107 Å². The fourth-order valence-corrected chi connectivity index (χ4v) is 2.52. The molecule has 0 aliphatic heterocycles. The number of carbonyl (C=O) groups excluding carboxylic acids is 2. The molecule has 0 unspecified atom stereocenters. The number of esters is 2. The molecule has 1 aromatic rings. The van der Waals surface area contributed by atoms with Gasteiger partial charge in [-0.25, -0.2) is 9.59 Å². The minimum atomic E-state index is -4.70. The lowest BCUT2D eigenvalue weighted by Crippen LogP contribution is -2.14. The molecule has 134 valence electrons. The summed E-state index contributed by atoms with van der Waals surface area (Å²) in [6.07, 6.45) is 2.96. The van der Waals surface area contributed by atoms with Crippen molar-refractivity contribution in [2.75, 3.05) is 13.2 Å². The first kappa shape index (κ1) is 20.1. The lowest BCUT2D eigenvalue weighted by atomic mass is 10.1. The first-order chi connectivity index (χ1) is 11.3. The third-order valence-corrected chi connectivity index (χ3v) is 4.07. The summed E-state index contributed by atoms with van der Waals surface area (Å²) in [5, 5.41) is 0. The number of ether oxygens (including phenoxy) is 2. The van der Waals surface area contributed by atoms with E-state index in [-0.39, 0.29) is 24.3 Å². The van der Waals surface area contributed by atoms with Crippen LogP contribution in [0.5, 0.6) is 0 Å². The molecule has 0 radical (unpaired) electrons. The quantitative estimate of drug-likeness (QED) is 0.411. The second kappa shape index (κ2) is 9.39. The van der Waals surface area contributed by atoms with Crippen molar-refractivity contribution < 1.29 is 32.0 Å². The highest BCUT2D eigenvalue weighted by molar-refractivity contribution is 7.86. The Bertz CT molecular complexity index is 680. The second-order valence-corrected chi connectivity index (χ2v) is 6.55. The second-order valence-electron chi connectivity index (χ2n) is 5.16. The summed E-state index contributed by atoms with van der Waals surface area (Å²) in [7, 11) is -4.70. The van der Waals surface area contributed by atoms with Crippen LogP contribution >= 0.6 is 0 Å². The van der Waals surface area contributed by atoms with Crippen LogP contribution in [0.2, 0.25) is 0 Å². The Kier molecular flexibility index (Phi) is 7.87. The number of unbranched alkanes of at least 4 members (excludes halogenated alkanes) is 2. The molecule has 8 heteroatoms. The third kappa shape index (κ3) is 5.93. The van der Waals surface area contributed by atoms with Gasteiger partial charge in [0.05, 0.1) is 24.3 Å². The fraction of sp³-hybridized carbons (Fsp3) is 0.500. The van der Waals surface area contributed by atoms with Gasteiger partial charge in [-0.05, 0) is 31.0 Å². The molecule has 0 heterocycles. The Morgan fingerprint density at radius 1 is 1.00 bits per heavy atom. The average Bonchev–Trinajstić information content (AvgIpc) is 2.53. The third-order valence-electron chi connectivity index (χ3n) is 3.18. The van der Waals surface area contributed by atoms with Gasteiger partial charge in [0, 0.05) is 0 Å². The van der Waals surface area contributed by atoms with Crippen LogP contribution in [0.3, 0.4) is 0 Å². The van der Waals surface area contributed by atoms with Crippen LogP contribution in [-0.2, 0) is 19.6 Å². The fourth-order valence-electron chi connectivity index (χ4n) is 1.81. The summed E-state index contributed by atoms with van der Waals surface area (Å²) in [5.74, 6) is -1.60. The van der Waals surface area contributed by atoms with Gasteiger partial charge < -0.3 is 9.47 Å². The minimum absolute atomic E-state index is 0.0659. The van der Waals surface area contributed by atoms with Crippen molar-refractivity contribution in [2.45, 2.75) is 44.4 Å². The first-order valence-electron chi connectivity index (χ1n) is 7.77. The molecule has 0 spiro atoms. The summed E-state index contributed by atoms with van der Waals surface area (Å²) < 4.78 is 42.3. The summed E-state index contributed by atoms with van der Waals surface area (Å²) in [6.45, 7) is 4.19. The van der Waals surface area contributed by atoms with Gasteiger partial charge in [0.1, 0.15) is 4.90 Å². The molecule has 1 aromatic carbocycles. The van der Waals surface area contributed by atoms with Gasteiger partial charge in [0.2, 0.25) is 0 Å². The molecule has 24 heavy (non-hydrogen) atoms. The maximum absolute atomic E-state index is 12.0. The van der Waals surface area contributed by atoms with Gasteiger partial charge in [0.15, 0.2) is 0 Å². The summed E-state index contributed by atoms with van der Waals surface area (Å²) >= 11 is 0. The first-order valence-corrected chi connectivity index (χ1v) is 9.21. The van der Waals surface area contributed by atoms with E-state index in [0.717, 1.165) is 25.0 Å². The van der Waals surface area contributed by atoms with E-state index in [1.165, 1.54) is 6.07 Å². The molecule has 0 saturated heterocycles. The Morgan fingerprint density at radius 3 is 2.04 bits per heavy atom. The monoisotopic (exact) mass is 358 g/mol. The molecule has 0 aliphatic rings. The van der Waals surface area contributed by atoms with Gasteiger partial charge >= 0.3 is 11.9 Å². The zero-order valence-electron chi connectivity index (χ0n) is 13.8. The molecule has 0 amide bonds. The van der Waals surface area contributed by atoms with E-state index < -0.39 is 27.0 Å². The largest absolute Gasteiger partial charge is 0.462 e. The smallest absolute Gasteiger partial charge is 0.339 e. The van der Waals surface area contributed by atoms with E-state index in [2.05, 4.69) is 0 Å². The predicted octanol–water partition coefficient (Wildman–Crippen LogP) is 2.85. The molecule has 1 N–H and O–H groups in total. The van der Waals surface area contributed by atoms with Crippen LogP contribution in [0.4, 0.5) is 0 Å². The lowest BCUT2D eigenvalue weighted by molar-refractivity contribution is 0.0481. The van der Waals surface area contributed by atoms with Crippen molar-refractivity contribution in [1.82, 2.24) is 0 Å². The maximum Gasteiger partial charge on any atom is 0.339 e. The van der Waals surface area contributed by atoms with Crippen molar-refractivity contribution in [3.8, 4) is 0 Å². The van der Waals surface area contributed by atoms with Crippen LogP contribution in [-0.4, -0.2) is 38.1 Å². The number of carbonyl (C=O) groups is 2. The summed E-state index contributed by atoms with van der Waals surface area (Å²) in [6, 6.07) is 3.31. The van der Waals surface area contributed by atoms with Gasteiger partial charge in [-0.2, -0.15) is 8.42 Å². The molecule has 0 bridgehead atoms. The molecule has 0 atom stereocenters. The lowest BCUT2D eigenvalue weighted by Gasteiger charge is -2.10. The van der Waals surface area contributed by atoms with Crippen LogP contribution < -0.4 is 0 Å². The molecule has 0 fully saturated rings. The van der Waals surface area contributed by atoms with E-state index in [1.807, 2.05) is 13.8 Å². The van der Waals surface area contributed by atoms with E-state index in [0.29, 0.717) is 12.8 Å². The maximum atomic E-state index is 12.0. The predicted molar refractivity (Wildman–Crippen MR) is 86.6 cm³/mol. The molecular weight excluding hydrogens is 336 g/mol. The SMILES string of the molecule is CCCCOC(=O)c1ccc(C(=O)OCCCC)c(S(=O)(=O)O)c1. The molecule has 7 nitrogen and oxygen atoms in total. The van der Waals surface area contributed by atoms with Crippen molar-refractivity contribution in [3.05, 3.63) is 29.3 Å². The highest BCUT2D eigenvalue weighted by Gasteiger charge is 2.24. The van der Waals surface area contributed by atoms with E-state index in [1.54, 1.807) is 0 Å². The Balaban J connectivity index is 3.06. The van der Waals surface area contributed by atoms with Crippen molar-refractivity contribution >= 4 is 22.1 Å². The zero-order chi connectivity index (χ0) is 18.2. The highest BCUT2D eigenvalue weighted by atomic mass is 32.2. The Hall–Kier alpha value is -1.93. The average molecular weight is 358 g/mol. The van der Waals surface area contributed by atoms with E-state index in [4.69, 9.17) is 9.47 Å². The summed E-state index contributed by atoms with van der Waals surface area (Å²) in [5.41, 5.74) is -0.387. The van der Waals surface area contributed by atoms with Crippen LogP contribution in [0, 0.1) is 0 Å². The van der Waals surface area contributed by atoms with Crippen LogP contribution in [0.15, 0.2) is 23.1 Å². The standard InChI is InChI=1S/C16H22O7S/c1-3-5-9-22-15(17)12-7-8-13(14(11-12)24(19,20)21)16(18)23-10-6-4-2/h7-8,11H,3-6,9-10H2,1-2H3,(H,19,20,21). The molecular formula is C16H22O7S. The number of hydrogen-bond donors (Lipinski definition) is 1.